The van der Waals surface area contributed by atoms with Gasteiger partial charge in [-0.15, -0.1) is 0 Å². The summed E-state index contributed by atoms with van der Waals surface area (Å²) < 4.78 is 0. The molecule has 0 radical (unpaired) electrons. The first-order valence-electron chi connectivity index (χ1n) is 6.25. The molecule has 0 aromatic carbocycles. The molecular weight excluding hydrogens is 238 g/mol. The average molecular weight is 257 g/mol. The average Bonchev–Trinajstić information content (AvgIpc) is 2.34. The molecule has 1 atom stereocenters. The third kappa shape index (κ3) is 4.73. The minimum Gasteiger partial charge on any atom is -0.481 e. The predicted molar refractivity (Wildman–Crippen MR) is 63.0 cm³/mol. The zero-order valence-corrected chi connectivity index (χ0v) is 10.2. The van der Waals surface area contributed by atoms with Gasteiger partial charge in [0, 0.05) is 12.3 Å². The second kappa shape index (κ2) is 6.98. The van der Waals surface area contributed by atoms with Crippen molar-refractivity contribution in [2.75, 3.05) is 0 Å². The van der Waals surface area contributed by atoms with Gasteiger partial charge in [0.1, 0.15) is 6.04 Å². The fourth-order valence-electron chi connectivity index (χ4n) is 2.18. The standard InChI is InChI=1S/C12H19NO5/c14-10(15)7-6-9(12(17)18)13-11(16)8-4-2-1-3-5-8/h8-9H,1-7H2,(H,13,16)(H,14,15)(H,17,18)/t9-/m1/s1. The smallest absolute Gasteiger partial charge is 0.326 e. The molecule has 6 heteroatoms. The summed E-state index contributed by atoms with van der Waals surface area (Å²) >= 11 is 0. The van der Waals surface area contributed by atoms with Gasteiger partial charge in [0.2, 0.25) is 5.91 Å². The molecule has 1 aliphatic carbocycles. The number of hydrogen-bond donors (Lipinski definition) is 3. The number of amides is 1. The number of carbonyl (C=O) groups excluding carboxylic acids is 1. The number of carboxylic acids is 2. The van der Waals surface area contributed by atoms with Crippen molar-refractivity contribution in [1.29, 1.82) is 0 Å². The third-order valence-electron chi connectivity index (χ3n) is 3.24. The lowest BCUT2D eigenvalue weighted by Crippen LogP contribution is -2.44. The molecule has 0 saturated heterocycles. The van der Waals surface area contributed by atoms with Crippen LogP contribution in [0, 0.1) is 5.92 Å². The summed E-state index contributed by atoms with van der Waals surface area (Å²) in [6, 6.07) is -1.10. The molecule has 1 saturated carbocycles. The molecule has 0 aliphatic heterocycles. The summed E-state index contributed by atoms with van der Waals surface area (Å²) in [5, 5.41) is 19.9. The number of hydrogen-bond acceptors (Lipinski definition) is 3. The second-order valence-corrected chi connectivity index (χ2v) is 4.67. The molecule has 1 aliphatic rings. The van der Waals surface area contributed by atoms with Crippen LogP contribution in [0.2, 0.25) is 0 Å². The highest BCUT2D eigenvalue weighted by Crippen LogP contribution is 2.23. The summed E-state index contributed by atoms with van der Waals surface area (Å²) in [6.45, 7) is 0. The van der Waals surface area contributed by atoms with Gasteiger partial charge in [-0.25, -0.2) is 4.79 Å². The van der Waals surface area contributed by atoms with Crippen LogP contribution in [0.3, 0.4) is 0 Å². The van der Waals surface area contributed by atoms with Gasteiger partial charge >= 0.3 is 11.9 Å². The number of carboxylic acid groups (broad SMARTS) is 2. The van der Waals surface area contributed by atoms with Crippen LogP contribution in [-0.4, -0.2) is 34.1 Å². The molecule has 18 heavy (non-hydrogen) atoms. The quantitative estimate of drug-likeness (QED) is 0.658. The van der Waals surface area contributed by atoms with E-state index in [1.54, 1.807) is 0 Å². The lowest BCUT2D eigenvalue weighted by molar-refractivity contribution is -0.143. The van der Waals surface area contributed by atoms with E-state index in [-0.39, 0.29) is 24.7 Å². The molecule has 1 amide bonds. The van der Waals surface area contributed by atoms with E-state index < -0.39 is 18.0 Å². The summed E-state index contributed by atoms with van der Waals surface area (Å²) in [6.07, 6.45) is 4.33. The van der Waals surface area contributed by atoms with E-state index in [0.29, 0.717) is 0 Å². The van der Waals surface area contributed by atoms with Crippen molar-refractivity contribution in [2.45, 2.75) is 51.0 Å². The molecule has 0 aromatic rings. The Morgan fingerprint density at radius 2 is 1.72 bits per heavy atom. The number of nitrogens with one attached hydrogen (secondary N) is 1. The van der Waals surface area contributed by atoms with E-state index in [1.807, 2.05) is 0 Å². The fourth-order valence-corrected chi connectivity index (χ4v) is 2.18. The summed E-state index contributed by atoms with van der Waals surface area (Å²) in [5.74, 6) is -2.62. The minimum absolute atomic E-state index is 0.0802. The highest BCUT2D eigenvalue weighted by Gasteiger charge is 2.26. The van der Waals surface area contributed by atoms with E-state index >= 15 is 0 Å². The first-order valence-corrected chi connectivity index (χ1v) is 6.25. The maximum absolute atomic E-state index is 11.8. The maximum atomic E-state index is 11.8. The van der Waals surface area contributed by atoms with Crippen LogP contribution in [0.15, 0.2) is 0 Å². The van der Waals surface area contributed by atoms with Crippen LogP contribution in [-0.2, 0) is 14.4 Å². The van der Waals surface area contributed by atoms with Crippen LogP contribution in [0.5, 0.6) is 0 Å². The van der Waals surface area contributed by atoms with Gasteiger partial charge < -0.3 is 15.5 Å². The van der Waals surface area contributed by atoms with E-state index in [9.17, 15) is 14.4 Å². The monoisotopic (exact) mass is 257 g/mol. The van der Waals surface area contributed by atoms with Crippen molar-refractivity contribution in [1.82, 2.24) is 5.32 Å². The van der Waals surface area contributed by atoms with Crippen LogP contribution in [0.25, 0.3) is 0 Å². The van der Waals surface area contributed by atoms with Crippen LogP contribution < -0.4 is 5.32 Å². The minimum atomic E-state index is -1.18. The Hall–Kier alpha value is -1.59. The Labute approximate surface area is 105 Å². The van der Waals surface area contributed by atoms with Crippen LogP contribution in [0.1, 0.15) is 44.9 Å². The molecule has 6 nitrogen and oxygen atoms in total. The molecule has 0 bridgehead atoms. The molecule has 1 rings (SSSR count). The summed E-state index contributed by atoms with van der Waals surface area (Å²) in [7, 11) is 0. The van der Waals surface area contributed by atoms with Gasteiger partial charge in [-0.2, -0.15) is 0 Å². The van der Waals surface area contributed by atoms with Crippen LogP contribution in [0.4, 0.5) is 0 Å². The zero-order valence-electron chi connectivity index (χ0n) is 10.2. The van der Waals surface area contributed by atoms with Crippen molar-refractivity contribution in [3.05, 3.63) is 0 Å². The first-order chi connectivity index (χ1) is 8.50. The molecular formula is C12H19NO5. The van der Waals surface area contributed by atoms with E-state index in [1.165, 1.54) is 0 Å². The fraction of sp³-hybridized carbons (Fsp3) is 0.750. The Bertz CT molecular complexity index is 322. The molecule has 0 unspecified atom stereocenters. The normalized spacial score (nSPS) is 18.0. The Morgan fingerprint density at radius 3 is 2.22 bits per heavy atom. The van der Waals surface area contributed by atoms with Gasteiger partial charge in [-0.3, -0.25) is 9.59 Å². The third-order valence-corrected chi connectivity index (χ3v) is 3.24. The molecule has 3 N–H and O–H groups in total. The van der Waals surface area contributed by atoms with Gasteiger partial charge in [-0.05, 0) is 19.3 Å². The van der Waals surface area contributed by atoms with Crippen molar-refractivity contribution in [2.24, 2.45) is 5.92 Å². The number of carbonyl (C=O) groups is 3. The van der Waals surface area contributed by atoms with Gasteiger partial charge in [0.05, 0.1) is 0 Å². The second-order valence-electron chi connectivity index (χ2n) is 4.67. The maximum Gasteiger partial charge on any atom is 0.326 e. The Kier molecular flexibility index (Phi) is 5.61. The topological polar surface area (TPSA) is 104 Å². The van der Waals surface area contributed by atoms with E-state index in [0.717, 1.165) is 32.1 Å². The molecule has 0 aromatic heterocycles. The molecule has 0 spiro atoms. The predicted octanol–water partition coefficient (Wildman–Crippen LogP) is 1.00. The SMILES string of the molecule is O=C(O)CC[C@@H](NC(=O)C1CCCCC1)C(=O)O. The van der Waals surface area contributed by atoms with Gasteiger partial charge in [-0.1, -0.05) is 19.3 Å². The van der Waals surface area contributed by atoms with Gasteiger partial charge in [0.25, 0.3) is 0 Å². The number of rotatable bonds is 6. The van der Waals surface area contributed by atoms with Crippen LogP contribution >= 0.6 is 0 Å². The first kappa shape index (κ1) is 14.5. The number of aliphatic carboxylic acids is 2. The van der Waals surface area contributed by atoms with Crippen molar-refractivity contribution < 1.29 is 24.6 Å². The highest BCUT2D eigenvalue weighted by atomic mass is 16.4. The largest absolute Gasteiger partial charge is 0.481 e. The van der Waals surface area contributed by atoms with Crippen molar-refractivity contribution in [3.63, 3.8) is 0 Å². The zero-order chi connectivity index (χ0) is 13.5. The lowest BCUT2D eigenvalue weighted by Gasteiger charge is -2.23. The molecule has 1 fully saturated rings. The molecule has 0 heterocycles. The van der Waals surface area contributed by atoms with Gasteiger partial charge in [0.15, 0.2) is 0 Å². The van der Waals surface area contributed by atoms with E-state index in [2.05, 4.69) is 5.32 Å². The molecule has 102 valence electrons. The highest BCUT2D eigenvalue weighted by molar-refractivity contribution is 5.85. The van der Waals surface area contributed by atoms with Crippen molar-refractivity contribution >= 4 is 17.8 Å². The van der Waals surface area contributed by atoms with Crippen molar-refractivity contribution in [3.8, 4) is 0 Å². The summed E-state index contributed by atoms with van der Waals surface area (Å²) in [5.41, 5.74) is 0. The van der Waals surface area contributed by atoms with E-state index in [4.69, 9.17) is 10.2 Å². The Morgan fingerprint density at radius 1 is 1.11 bits per heavy atom. The summed E-state index contributed by atoms with van der Waals surface area (Å²) in [4.78, 5) is 33.2. The Balaban J connectivity index is 2.46. The lowest BCUT2D eigenvalue weighted by atomic mass is 9.88.